The first-order chi connectivity index (χ1) is 16.5. The second-order valence-corrected chi connectivity index (χ2v) is 8.80. The summed E-state index contributed by atoms with van der Waals surface area (Å²) in [7, 11) is 0. The Morgan fingerprint density at radius 1 is 1.06 bits per heavy atom. The Kier molecular flexibility index (Phi) is 7.54. The normalized spacial score (nSPS) is 11.1. The molecule has 0 saturated heterocycles. The summed E-state index contributed by atoms with van der Waals surface area (Å²) in [5, 5.41) is 4.95. The standard InChI is InChI=1S/C25H19Br2N3O4/c1-2-33-22(31)15-34-23-19(26)12-16(13-20(23)27)14-28-30-24(17-8-4-3-5-9-17)29-21-11-7-6-10-18(21)25(30)32/h3-14H,2,15H2,1H3. The van der Waals surface area contributed by atoms with Gasteiger partial charge in [-0.2, -0.15) is 9.78 Å². The zero-order valence-corrected chi connectivity index (χ0v) is 21.2. The highest BCUT2D eigenvalue weighted by atomic mass is 79.9. The van der Waals surface area contributed by atoms with E-state index in [0.717, 1.165) is 5.56 Å². The van der Waals surface area contributed by atoms with E-state index in [4.69, 9.17) is 14.5 Å². The van der Waals surface area contributed by atoms with Crippen molar-refractivity contribution >= 4 is 54.9 Å². The number of carbonyl (C=O) groups excluding carboxylic acids is 1. The summed E-state index contributed by atoms with van der Waals surface area (Å²) in [6, 6.07) is 20.2. The second kappa shape index (κ2) is 10.8. The summed E-state index contributed by atoms with van der Waals surface area (Å²) in [5.41, 5.74) is 1.80. The summed E-state index contributed by atoms with van der Waals surface area (Å²) >= 11 is 6.92. The van der Waals surface area contributed by atoms with Gasteiger partial charge in [0.15, 0.2) is 12.4 Å². The van der Waals surface area contributed by atoms with E-state index in [1.807, 2.05) is 36.4 Å². The summed E-state index contributed by atoms with van der Waals surface area (Å²) in [6.07, 6.45) is 1.56. The smallest absolute Gasteiger partial charge is 0.344 e. The molecule has 4 aromatic rings. The fourth-order valence-corrected chi connectivity index (χ4v) is 4.71. The minimum Gasteiger partial charge on any atom is -0.480 e. The van der Waals surface area contributed by atoms with Crippen LogP contribution in [-0.2, 0) is 9.53 Å². The van der Waals surface area contributed by atoms with E-state index in [0.29, 0.717) is 37.0 Å². The lowest BCUT2D eigenvalue weighted by molar-refractivity contribution is -0.145. The van der Waals surface area contributed by atoms with Gasteiger partial charge in [0.1, 0.15) is 5.75 Å². The number of ether oxygens (including phenoxy) is 2. The fraction of sp³-hybridized carbons (Fsp3) is 0.120. The third kappa shape index (κ3) is 5.26. The van der Waals surface area contributed by atoms with Crippen molar-refractivity contribution in [3.63, 3.8) is 0 Å². The van der Waals surface area contributed by atoms with Crippen molar-refractivity contribution in [2.75, 3.05) is 13.2 Å². The van der Waals surface area contributed by atoms with Crippen LogP contribution in [0.3, 0.4) is 0 Å². The number of benzene rings is 3. The van der Waals surface area contributed by atoms with Crippen LogP contribution in [0.2, 0.25) is 0 Å². The van der Waals surface area contributed by atoms with Crippen molar-refractivity contribution in [1.29, 1.82) is 0 Å². The molecule has 3 aromatic carbocycles. The van der Waals surface area contributed by atoms with E-state index in [2.05, 4.69) is 37.0 Å². The van der Waals surface area contributed by atoms with Crippen molar-refractivity contribution in [2.24, 2.45) is 5.10 Å². The monoisotopic (exact) mass is 583 g/mol. The third-order valence-corrected chi connectivity index (χ3v) is 5.95. The van der Waals surface area contributed by atoms with E-state index in [1.54, 1.807) is 43.5 Å². The minimum absolute atomic E-state index is 0.211. The first-order valence-electron chi connectivity index (χ1n) is 10.4. The summed E-state index contributed by atoms with van der Waals surface area (Å²) < 4.78 is 13.0. The van der Waals surface area contributed by atoms with Gasteiger partial charge in [0.25, 0.3) is 5.56 Å². The molecule has 1 aromatic heterocycles. The Labute approximate surface area is 212 Å². The average molecular weight is 585 g/mol. The first kappa shape index (κ1) is 23.8. The van der Waals surface area contributed by atoms with E-state index < -0.39 is 5.97 Å². The van der Waals surface area contributed by atoms with Crippen LogP contribution >= 0.6 is 31.9 Å². The van der Waals surface area contributed by atoms with E-state index >= 15 is 0 Å². The predicted octanol–water partition coefficient (Wildman–Crippen LogP) is 5.41. The van der Waals surface area contributed by atoms with Crippen molar-refractivity contribution in [3.05, 3.63) is 91.6 Å². The lowest BCUT2D eigenvalue weighted by Crippen LogP contribution is -2.20. The molecular weight excluding hydrogens is 566 g/mol. The van der Waals surface area contributed by atoms with Gasteiger partial charge in [-0.25, -0.2) is 9.78 Å². The van der Waals surface area contributed by atoms with Crippen molar-refractivity contribution in [2.45, 2.75) is 6.92 Å². The second-order valence-electron chi connectivity index (χ2n) is 7.09. The molecule has 0 bridgehead atoms. The Morgan fingerprint density at radius 3 is 2.44 bits per heavy atom. The quantitative estimate of drug-likeness (QED) is 0.214. The number of nitrogens with zero attached hydrogens (tertiary/aromatic N) is 3. The maximum absolute atomic E-state index is 13.3. The predicted molar refractivity (Wildman–Crippen MR) is 138 cm³/mol. The van der Waals surface area contributed by atoms with Crippen molar-refractivity contribution in [1.82, 2.24) is 9.66 Å². The number of aromatic nitrogens is 2. The van der Waals surface area contributed by atoms with Crippen molar-refractivity contribution < 1.29 is 14.3 Å². The minimum atomic E-state index is -0.455. The van der Waals surface area contributed by atoms with Gasteiger partial charge in [0.2, 0.25) is 0 Å². The van der Waals surface area contributed by atoms with Gasteiger partial charge in [-0.1, -0.05) is 42.5 Å². The molecule has 4 rings (SSSR count). The molecule has 0 unspecified atom stereocenters. The summed E-state index contributed by atoms with van der Waals surface area (Å²) in [4.78, 5) is 29.6. The maximum atomic E-state index is 13.3. The molecule has 7 nitrogen and oxygen atoms in total. The van der Waals surface area contributed by atoms with Crippen LogP contribution in [0.15, 0.2) is 85.6 Å². The highest BCUT2D eigenvalue weighted by molar-refractivity contribution is 9.11. The van der Waals surface area contributed by atoms with E-state index in [-0.39, 0.29) is 18.8 Å². The van der Waals surface area contributed by atoms with Crippen LogP contribution < -0.4 is 10.3 Å². The molecule has 172 valence electrons. The van der Waals surface area contributed by atoms with Gasteiger partial charge in [-0.05, 0) is 68.6 Å². The number of esters is 1. The summed E-state index contributed by atoms with van der Waals surface area (Å²) in [5.74, 6) is 0.441. The number of hydrogen-bond donors (Lipinski definition) is 0. The molecule has 1 heterocycles. The number of halogens is 2. The zero-order valence-electron chi connectivity index (χ0n) is 18.1. The molecule has 0 atom stereocenters. The van der Waals surface area contributed by atoms with Gasteiger partial charge in [0, 0.05) is 5.56 Å². The van der Waals surface area contributed by atoms with Gasteiger partial charge >= 0.3 is 5.97 Å². The van der Waals surface area contributed by atoms with Gasteiger partial charge in [0.05, 0.1) is 32.7 Å². The molecule has 0 radical (unpaired) electrons. The lowest BCUT2D eigenvalue weighted by atomic mass is 10.2. The Hall–Kier alpha value is -3.30. The number of fused-ring (bicyclic) bond motifs is 1. The molecule has 0 saturated carbocycles. The number of carbonyl (C=O) groups is 1. The van der Waals surface area contributed by atoms with Crippen LogP contribution in [0.25, 0.3) is 22.3 Å². The number of para-hydroxylation sites is 1. The van der Waals surface area contributed by atoms with Crippen LogP contribution in [0.1, 0.15) is 12.5 Å². The Bertz CT molecular complexity index is 1410. The van der Waals surface area contributed by atoms with Crippen molar-refractivity contribution in [3.8, 4) is 17.1 Å². The van der Waals surface area contributed by atoms with Crippen LogP contribution in [-0.4, -0.2) is 35.1 Å². The third-order valence-electron chi connectivity index (χ3n) is 4.77. The molecule has 34 heavy (non-hydrogen) atoms. The number of hydrogen-bond acceptors (Lipinski definition) is 6. The van der Waals surface area contributed by atoms with Crippen LogP contribution in [0.4, 0.5) is 0 Å². The molecule has 9 heteroatoms. The lowest BCUT2D eigenvalue weighted by Gasteiger charge is -2.11. The Morgan fingerprint density at radius 2 is 1.74 bits per heavy atom. The maximum Gasteiger partial charge on any atom is 0.344 e. The van der Waals surface area contributed by atoms with Crippen LogP contribution in [0.5, 0.6) is 5.75 Å². The molecular formula is C25H19Br2N3O4. The highest BCUT2D eigenvalue weighted by Gasteiger charge is 2.14. The zero-order chi connectivity index (χ0) is 24.1. The largest absolute Gasteiger partial charge is 0.480 e. The number of rotatable bonds is 7. The average Bonchev–Trinajstić information content (AvgIpc) is 2.83. The molecule has 0 N–H and O–H groups in total. The van der Waals surface area contributed by atoms with Gasteiger partial charge in [-0.15, -0.1) is 0 Å². The molecule has 0 aliphatic rings. The molecule has 0 aliphatic carbocycles. The highest BCUT2D eigenvalue weighted by Crippen LogP contribution is 2.34. The first-order valence-corrected chi connectivity index (χ1v) is 12.0. The Balaban J connectivity index is 1.72. The molecule has 0 fully saturated rings. The van der Waals surface area contributed by atoms with Crippen LogP contribution in [0, 0.1) is 0 Å². The van der Waals surface area contributed by atoms with Gasteiger partial charge in [-0.3, -0.25) is 4.79 Å². The molecule has 0 amide bonds. The molecule has 0 aliphatic heterocycles. The van der Waals surface area contributed by atoms with E-state index in [9.17, 15) is 9.59 Å². The fourth-order valence-electron chi connectivity index (χ4n) is 3.25. The molecule has 0 spiro atoms. The van der Waals surface area contributed by atoms with E-state index in [1.165, 1.54) is 4.68 Å². The van der Waals surface area contributed by atoms with Gasteiger partial charge < -0.3 is 9.47 Å². The SMILES string of the molecule is CCOC(=O)COc1c(Br)cc(C=Nn2c(-c3ccccc3)nc3ccccc3c2=O)cc1Br. The summed E-state index contributed by atoms with van der Waals surface area (Å²) in [6.45, 7) is 1.81. The topological polar surface area (TPSA) is 82.8 Å².